The quantitative estimate of drug-likeness (QED) is 0.658. The van der Waals surface area contributed by atoms with Crippen molar-refractivity contribution in [1.29, 1.82) is 0 Å². The van der Waals surface area contributed by atoms with E-state index in [0.29, 0.717) is 11.4 Å². The third-order valence-electron chi connectivity index (χ3n) is 5.30. The Bertz CT molecular complexity index is 1110. The smallest absolute Gasteiger partial charge is 0.261 e. The van der Waals surface area contributed by atoms with Gasteiger partial charge in [0.2, 0.25) is 0 Å². The van der Waals surface area contributed by atoms with Crippen LogP contribution in [-0.2, 0) is 10.0 Å². The van der Waals surface area contributed by atoms with Gasteiger partial charge in [-0.3, -0.25) is 4.72 Å². The van der Waals surface area contributed by atoms with Gasteiger partial charge in [-0.25, -0.2) is 12.8 Å². The van der Waals surface area contributed by atoms with E-state index in [2.05, 4.69) is 26.7 Å². The van der Waals surface area contributed by atoms with Crippen molar-refractivity contribution in [2.24, 2.45) is 5.92 Å². The molecule has 0 radical (unpaired) electrons. The van der Waals surface area contributed by atoms with Crippen LogP contribution in [0, 0.1) is 11.7 Å². The predicted molar refractivity (Wildman–Crippen MR) is 115 cm³/mol. The summed E-state index contributed by atoms with van der Waals surface area (Å²) in [6, 6.07) is 15.6. The number of anilines is 2. The number of hydrogen-bond donors (Lipinski definition) is 1. The fourth-order valence-corrected chi connectivity index (χ4v) is 4.53. The molecule has 1 N–H and O–H groups in total. The first-order chi connectivity index (χ1) is 14.4. The molecule has 0 amide bonds. The minimum absolute atomic E-state index is 0.125. The van der Waals surface area contributed by atoms with Crippen LogP contribution >= 0.6 is 0 Å². The molecule has 0 atom stereocenters. The van der Waals surface area contributed by atoms with Gasteiger partial charge in [0.15, 0.2) is 5.82 Å². The summed E-state index contributed by atoms with van der Waals surface area (Å²) in [6.07, 6.45) is 2.33. The first-order valence-corrected chi connectivity index (χ1v) is 11.4. The predicted octanol–water partition coefficient (Wildman–Crippen LogP) is 4.32. The Morgan fingerprint density at radius 1 is 1.00 bits per heavy atom. The minimum Gasteiger partial charge on any atom is -0.355 e. The maximum atomic E-state index is 13.3. The number of nitrogens with one attached hydrogen (secondary N) is 1. The van der Waals surface area contributed by atoms with Gasteiger partial charge < -0.3 is 4.90 Å². The van der Waals surface area contributed by atoms with Gasteiger partial charge in [-0.05, 0) is 61.2 Å². The Morgan fingerprint density at radius 2 is 1.73 bits per heavy atom. The molecule has 2 aromatic carbocycles. The molecule has 4 rings (SSSR count). The number of piperidine rings is 1. The first kappa shape index (κ1) is 20.3. The number of aromatic nitrogens is 2. The standard InChI is InChI=1S/C22H23FN4O2S/c1-16-11-13-27(14-12-16)22-10-9-21(24-25-22)17-5-7-19(8-6-17)26-30(28,29)20-4-2-3-18(23)15-20/h2-10,15-16,26H,11-14H2,1H3. The lowest BCUT2D eigenvalue weighted by molar-refractivity contribution is 0.436. The molecule has 0 spiro atoms. The fraction of sp³-hybridized carbons (Fsp3) is 0.273. The van der Waals surface area contributed by atoms with Crippen molar-refractivity contribution in [2.45, 2.75) is 24.7 Å². The summed E-state index contributed by atoms with van der Waals surface area (Å²) in [5.74, 6) is 1.03. The number of rotatable bonds is 5. The summed E-state index contributed by atoms with van der Waals surface area (Å²) < 4.78 is 40.6. The summed E-state index contributed by atoms with van der Waals surface area (Å²) in [5.41, 5.74) is 1.92. The molecule has 0 unspecified atom stereocenters. The van der Waals surface area contributed by atoms with Gasteiger partial charge in [0.05, 0.1) is 10.6 Å². The first-order valence-electron chi connectivity index (χ1n) is 9.88. The van der Waals surface area contributed by atoms with Crippen LogP contribution < -0.4 is 9.62 Å². The van der Waals surface area contributed by atoms with Crippen molar-refractivity contribution in [3.8, 4) is 11.3 Å². The van der Waals surface area contributed by atoms with E-state index in [1.807, 2.05) is 12.1 Å². The molecule has 1 aromatic heterocycles. The summed E-state index contributed by atoms with van der Waals surface area (Å²) in [6.45, 7) is 4.26. The number of halogens is 1. The molecule has 8 heteroatoms. The van der Waals surface area contributed by atoms with Crippen LogP contribution in [0.2, 0.25) is 0 Å². The van der Waals surface area contributed by atoms with Crippen LogP contribution in [0.15, 0.2) is 65.6 Å². The van der Waals surface area contributed by atoms with E-state index in [1.54, 1.807) is 24.3 Å². The van der Waals surface area contributed by atoms with Gasteiger partial charge in [-0.1, -0.05) is 25.1 Å². The Morgan fingerprint density at radius 3 is 2.37 bits per heavy atom. The highest BCUT2D eigenvalue weighted by molar-refractivity contribution is 7.92. The average Bonchev–Trinajstić information content (AvgIpc) is 2.75. The minimum atomic E-state index is -3.86. The molecule has 0 bridgehead atoms. The normalized spacial score (nSPS) is 15.2. The largest absolute Gasteiger partial charge is 0.355 e. The number of benzene rings is 2. The molecule has 0 aliphatic carbocycles. The Balaban J connectivity index is 1.46. The Hall–Kier alpha value is -3.00. The van der Waals surface area contributed by atoms with Crippen LogP contribution in [0.5, 0.6) is 0 Å². The lowest BCUT2D eigenvalue weighted by atomic mass is 9.99. The van der Waals surface area contributed by atoms with Crippen LogP contribution in [0.4, 0.5) is 15.9 Å². The van der Waals surface area contributed by atoms with Gasteiger partial charge in [-0.15, -0.1) is 10.2 Å². The van der Waals surface area contributed by atoms with Crippen molar-refractivity contribution in [3.63, 3.8) is 0 Å². The molecular formula is C22H23FN4O2S. The third kappa shape index (κ3) is 4.59. The van der Waals surface area contributed by atoms with Crippen molar-refractivity contribution in [3.05, 3.63) is 66.5 Å². The van der Waals surface area contributed by atoms with Crippen molar-refractivity contribution >= 4 is 21.5 Å². The Kier molecular flexibility index (Phi) is 5.67. The van der Waals surface area contributed by atoms with E-state index in [4.69, 9.17) is 0 Å². The molecule has 1 saturated heterocycles. The molecule has 0 saturated carbocycles. The second-order valence-corrected chi connectivity index (χ2v) is 9.27. The molecule has 1 aliphatic rings. The lowest BCUT2D eigenvalue weighted by Crippen LogP contribution is -2.33. The maximum Gasteiger partial charge on any atom is 0.261 e. The second kappa shape index (κ2) is 8.39. The Labute approximate surface area is 175 Å². The molecule has 156 valence electrons. The SMILES string of the molecule is CC1CCN(c2ccc(-c3ccc(NS(=O)(=O)c4cccc(F)c4)cc3)nn2)CC1. The fourth-order valence-electron chi connectivity index (χ4n) is 3.44. The van der Waals surface area contributed by atoms with E-state index in [9.17, 15) is 12.8 Å². The zero-order valence-corrected chi connectivity index (χ0v) is 17.4. The molecule has 30 heavy (non-hydrogen) atoms. The summed E-state index contributed by atoms with van der Waals surface area (Å²) in [5, 5.41) is 8.70. The van der Waals surface area contributed by atoms with Crippen LogP contribution in [-0.4, -0.2) is 31.7 Å². The summed E-state index contributed by atoms with van der Waals surface area (Å²) in [4.78, 5) is 2.13. The lowest BCUT2D eigenvalue weighted by Gasteiger charge is -2.30. The second-order valence-electron chi connectivity index (χ2n) is 7.59. The topological polar surface area (TPSA) is 75.2 Å². The molecule has 2 heterocycles. The monoisotopic (exact) mass is 426 g/mol. The zero-order valence-electron chi connectivity index (χ0n) is 16.6. The van der Waals surface area contributed by atoms with Crippen LogP contribution in [0.1, 0.15) is 19.8 Å². The highest BCUT2D eigenvalue weighted by Crippen LogP contribution is 2.24. The maximum absolute atomic E-state index is 13.3. The summed E-state index contributed by atoms with van der Waals surface area (Å²) in [7, 11) is -3.86. The average molecular weight is 427 g/mol. The van der Waals surface area contributed by atoms with Crippen molar-refractivity contribution in [2.75, 3.05) is 22.7 Å². The highest BCUT2D eigenvalue weighted by atomic mass is 32.2. The zero-order chi connectivity index (χ0) is 21.1. The number of hydrogen-bond acceptors (Lipinski definition) is 5. The highest BCUT2D eigenvalue weighted by Gasteiger charge is 2.18. The molecule has 3 aromatic rings. The van der Waals surface area contributed by atoms with Gasteiger partial charge in [0, 0.05) is 24.3 Å². The van der Waals surface area contributed by atoms with E-state index in [0.717, 1.165) is 49.3 Å². The van der Waals surface area contributed by atoms with Crippen molar-refractivity contribution < 1.29 is 12.8 Å². The molecule has 1 aliphatic heterocycles. The van der Waals surface area contributed by atoms with Gasteiger partial charge in [0.1, 0.15) is 5.82 Å². The van der Waals surface area contributed by atoms with Gasteiger partial charge >= 0.3 is 0 Å². The van der Waals surface area contributed by atoms with E-state index >= 15 is 0 Å². The van der Waals surface area contributed by atoms with Crippen LogP contribution in [0.25, 0.3) is 11.3 Å². The molecular weight excluding hydrogens is 403 g/mol. The molecule has 6 nitrogen and oxygen atoms in total. The third-order valence-corrected chi connectivity index (χ3v) is 6.68. The van der Waals surface area contributed by atoms with E-state index < -0.39 is 15.8 Å². The number of sulfonamides is 1. The van der Waals surface area contributed by atoms with Crippen molar-refractivity contribution in [1.82, 2.24) is 10.2 Å². The summed E-state index contributed by atoms with van der Waals surface area (Å²) >= 11 is 0. The van der Waals surface area contributed by atoms with E-state index in [-0.39, 0.29) is 4.90 Å². The van der Waals surface area contributed by atoms with Crippen LogP contribution in [0.3, 0.4) is 0 Å². The van der Waals surface area contributed by atoms with E-state index in [1.165, 1.54) is 18.2 Å². The number of nitrogens with zero attached hydrogens (tertiary/aromatic N) is 3. The molecule has 1 fully saturated rings. The van der Waals surface area contributed by atoms with Gasteiger partial charge in [-0.2, -0.15) is 0 Å². The van der Waals surface area contributed by atoms with Gasteiger partial charge in [0.25, 0.3) is 10.0 Å².